The van der Waals surface area contributed by atoms with E-state index in [2.05, 4.69) is 27.7 Å². The fourth-order valence-corrected chi connectivity index (χ4v) is 3.00. The van der Waals surface area contributed by atoms with E-state index in [0.717, 1.165) is 31.1 Å². The van der Waals surface area contributed by atoms with Gasteiger partial charge in [-0.05, 0) is 42.9 Å². The van der Waals surface area contributed by atoms with E-state index in [-0.39, 0.29) is 0 Å². The van der Waals surface area contributed by atoms with Crippen molar-refractivity contribution in [3.63, 3.8) is 0 Å². The van der Waals surface area contributed by atoms with Crippen molar-refractivity contribution < 1.29 is 4.39 Å². The highest BCUT2D eigenvalue weighted by atomic mass is 19.1. The molecule has 1 aliphatic carbocycles. The van der Waals surface area contributed by atoms with Gasteiger partial charge in [-0.15, -0.1) is 0 Å². The topological polar surface area (TPSA) is 0 Å². The zero-order valence-corrected chi connectivity index (χ0v) is 10.8. The Kier molecular flexibility index (Phi) is 5.08. The molecule has 15 heavy (non-hydrogen) atoms. The van der Waals surface area contributed by atoms with Crippen molar-refractivity contribution in [3.8, 4) is 0 Å². The molecule has 0 unspecified atom stereocenters. The molecule has 1 rings (SSSR count). The van der Waals surface area contributed by atoms with Gasteiger partial charge >= 0.3 is 0 Å². The molecular formula is C14H27F. The van der Waals surface area contributed by atoms with Gasteiger partial charge in [-0.3, -0.25) is 0 Å². The van der Waals surface area contributed by atoms with Gasteiger partial charge in [-0.2, -0.15) is 0 Å². The molecule has 1 heteroatoms. The molecule has 0 spiro atoms. The van der Waals surface area contributed by atoms with Gasteiger partial charge in [0.15, 0.2) is 0 Å². The molecule has 0 aromatic rings. The van der Waals surface area contributed by atoms with Crippen molar-refractivity contribution in [2.75, 3.05) is 0 Å². The summed E-state index contributed by atoms with van der Waals surface area (Å²) in [6, 6.07) is 0. The molecule has 0 aliphatic heterocycles. The molecule has 0 aromatic carbocycles. The number of hydrogen-bond acceptors (Lipinski definition) is 0. The lowest BCUT2D eigenvalue weighted by molar-refractivity contribution is 0.184. The molecule has 0 saturated heterocycles. The summed E-state index contributed by atoms with van der Waals surface area (Å²) in [6.07, 6.45) is 4.84. The summed E-state index contributed by atoms with van der Waals surface area (Å²) in [7, 11) is 0. The van der Waals surface area contributed by atoms with E-state index in [1.165, 1.54) is 12.8 Å². The standard InChI is InChI=1S/C14H27F/c1-5-6-10(2)7-14(15)13-8-11(3)12(4)9-13/h10-14H,5-9H2,1-4H3/t10-,11-,12+,13-,14+/m0/s1. The highest BCUT2D eigenvalue weighted by Crippen LogP contribution is 2.40. The summed E-state index contributed by atoms with van der Waals surface area (Å²) in [4.78, 5) is 0. The van der Waals surface area contributed by atoms with Crippen LogP contribution in [0.4, 0.5) is 4.39 Å². The van der Waals surface area contributed by atoms with E-state index in [1.54, 1.807) is 0 Å². The number of alkyl halides is 1. The van der Waals surface area contributed by atoms with Crippen LogP contribution in [-0.4, -0.2) is 6.17 Å². The molecule has 0 heterocycles. The minimum Gasteiger partial charge on any atom is -0.247 e. The first-order valence-electron chi connectivity index (χ1n) is 6.68. The fraction of sp³-hybridized carbons (Fsp3) is 1.00. The fourth-order valence-electron chi connectivity index (χ4n) is 3.00. The van der Waals surface area contributed by atoms with E-state index >= 15 is 0 Å². The van der Waals surface area contributed by atoms with Crippen LogP contribution in [0.25, 0.3) is 0 Å². The van der Waals surface area contributed by atoms with Crippen LogP contribution in [-0.2, 0) is 0 Å². The van der Waals surface area contributed by atoms with Gasteiger partial charge in [-0.25, -0.2) is 4.39 Å². The van der Waals surface area contributed by atoms with Crippen LogP contribution < -0.4 is 0 Å². The average molecular weight is 214 g/mol. The minimum atomic E-state index is -0.543. The van der Waals surface area contributed by atoms with Gasteiger partial charge < -0.3 is 0 Å². The van der Waals surface area contributed by atoms with E-state index in [9.17, 15) is 4.39 Å². The third kappa shape index (κ3) is 3.77. The molecule has 90 valence electrons. The Bertz CT molecular complexity index is 168. The summed E-state index contributed by atoms with van der Waals surface area (Å²) < 4.78 is 14.0. The predicted octanol–water partition coefficient (Wildman–Crippen LogP) is 4.83. The highest BCUT2D eigenvalue weighted by Gasteiger charge is 2.33. The first-order chi connectivity index (χ1) is 7.04. The smallest absolute Gasteiger partial charge is 0.103 e. The van der Waals surface area contributed by atoms with Crippen molar-refractivity contribution in [1.82, 2.24) is 0 Å². The molecule has 1 saturated carbocycles. The molecular weight excluding hydrogens is 187 g/mol. The lowest BCUT2D eigenvalue weighted by Gasteiger charge is -2.19. The maximum Gasteiger partial charge on any atom is 0.103 e. The summed E-state index contributed by atoms with van der Waals surface area (Å²) in [5.41, 5.74) is 0. The third-order valence-electron chi connectivity index (χ3n) is 4.24. The SMILES string of the molecule is CCC[C@H](C)C[C@@H](F)[C@@H]1C[C@@H](C)[C@@H](C)C1. The summed E-state index contributed by atoms with van der Waals surface area (Å²) in [5, 5.41) is 0. The molecule has 0 bridgehead atoms. The van der Waals surface area contributed by atoms with Crippen molar-refractivity contribution in [2.45, 2.75) is 66.0 Å². The Labute approximate surface area is 94.6 Å². The molecule has 0 radical (unpaired) electrons. The quantitative estimate of drug-likeness (QED) is 0.614. The molecule has 1 fully saturated rings. The van der Waals surface area contributed by atoms with Crippen LogP contribution in [0.5, 0.6) is 0 Å². The van der Waals surface area contributed by atoms with Gasteiger partial charge in [0.1, 0.15) is 6.17 Å². The van der Waals surface area contributed by atoms with Crippen molar-refractivity contribution in [3.05, 3.63) is 0 Å². The van der Waals surface area contributed by atoms with E-state index in [0.29, 0.717) is 11.8 Å². The number of rotatable bonds is 5. The van der Waals surface area contributed by atoms with Gasteiger partial charge in [0.2, 0.25) is 0 Å². The normalized spacial score (nSPS) is 35.4. The lowest BCUT2D eigenvalue weighted by atomic mass is 9.91. The zero-order chi connectivity index (χ0) is 11.4. The van der Waals surface area contributed by atoms with Crippen molar-refractivity contribution >= 4 is 0 Å². The Morgan fingerprint density at radius 3 is 2.20 bits per heavy atom. The summed E-state index contributed by atoms with van der Waals surface area (Å²) in [5.74, 6) is 2.38. The Morgan fingerprint density at radius 1 is 1.20 bits per heavy atom. The first kappa shape index (κ1) is 13.0. The van der Waals surface area contributed by atoms with Crippen LogP contribution in [0.3, 0.4) is 0 Å². The Balaban J connectivity index is 2.31. The second-order valence-electron chi connectivity index (χ2n) is 5.83. The Morgan fingerprint density at radius 2 is 1.73 bits per heavy atom. The molecule has 0 aromatic heterocycles. The van der Waals surface area contributed by atoms with Crippen LogP contribution in [0, 0.1) is 23.7 Å². The highest BCUT2D eigenvalue weighted by molar-refractivity contribution is 4.83. The molecule has 5 atom stereocenters. The van der Waals surface area contributed by atoms with E-state index < -0.39 is 6.17 Å². The number of hydrogen-bond donors (Lipinski definition) is 0. The molecule has 0 nitrogen and oxygen atoms in total. The van der Waals surface area contributed by atoms with E-state index in [1.807, 2.05) is 0 Å². The van der Waals surface area contributed by atoms with Crippen LogP contribution in [0.1, 0.15) is 59.8 Å². The van der Waals surface area contributed by atoms with Crippen LogP contribution >= 0.6 is 0 Å². The number of halogens is 1. The van der Waals surface area contributed by atoms with Crippen molar-refractivity contribution in [2.24, 2.45) is 23.7 Å². The first-order valence-corrected chi connectivity index (χ1v) is 6.68. The summed E-state index contributed by atoms with van der Waals surface area (Å²) in [6.45, 7) is 8.92. The van der Waals surface area contributed by atoms with Gasteiger partial charge in [0, 0.05) is 0 Å². The second kappa shape index (κ2) is 5.86. The minimum absolute atomic E-state index is 0.356. The maximum absolute atomic E-state index is 14.0. The lowest BCUT2D eigenvalue weighted by Crippen LogP contribution is -2.16. The Hall–Kier alpha value is -0.0700. The monoisotopic (exact) mass is 214 g/mol. The maximum atomic E-state index is 14.0. The van der Waals surface area contributed by atoms with Crippen molar-refractivity contribution in [1.29, 1.82) is 0 Å². The van der Waals surface area contributed by atoms with E-state index in [4.69, 9.17) is 0 Å². The molecule has 1 aliphatic rings. The van der Waals surface area contributed by atoms with Crippen LogP contribution in [0.2, 0.25) is 0 Å². The summed E-state index contributed by atoms with van der Waals surface area (Å²) >= 11 is 0. The average Bonchev–Trinajstić information content (AvgIpc) is 2.47. The largest absolute Gasteiger partial charge is 0.247 e. The van der Waals surface area contributed by atoms with Gasteiger partial charge in [0.25, 0.3) is 0 Å². The predicted molar refractivity (Wildman–Crippen MR) is 64.6 cm³/mol. The zero-order valence-electron chi connectivity index (χ0n) is 10.8. The van der Waals surface area contributed by atoms with Crippen LogP contribution in [0.15, 0.2) is 0 Å². The molecule has 0 N–H and O–H groups in total. The molecule has 0 amide bonds. The van der Waals surface area contributed by atoms with Gasteiger partial charge in [-0.1, -0.05) is 40.5 Å². The van der Waals surface area contributed by atoms with Gasteiger partial charge in [0.05, 0.1) is 0 Å². The second-order valence-corrected chi connectivity index (χ2v) is 5.83. The third-order valence-corrected chi connectivity index (χ3v) is 4.24.